The molecule has 0 aliphatic carbocycles. The Hall–Kier alpha value is -1.81. The number of amidine groups is 1. The first-order chi connectivity index (χ1) is 11.1. The molecule has 0 bridgehead atoms. The molecule has 134 valence electrons. The number of nitrogens with two attached hydrogens (primary N) is 1. The predicted molar refractivity (Wildman–Crippen MR) is 85.6 cm³/mol. The van der Waals surface area contributed by atoms with Crippen LogP contribution in [-0.2, 0) is 16.6 Å². The fourth-order valence-electron chi connectivity index (χ4n) is 2.29. The summed E-state index contributed by atoms with van der Waals surface area (Å²) in [7, 11) is -5.45. The van der Waals surface area contributed by atoms with Crippen LogP contribution in [0.15, 0.2) is 29.4 Å². The van der Waals surface area contributed by atoms with Gasteiger partial charge in [-0.15, -0.1) is 0 Å². The minimum absolute atomic E-state index is 0.0213. The Morgan fingerprint density at radius 2 is 1.79 bits per heavy atom. The van der Waals surface area contributed by atoms with Gasteiger partial charge in [0.1, 0.15) is 5.84 Å². The van der Waals surface area contributed by atoms with Crippen molar-refractivity contribution in [2.45, 2.75) is 25.9 Å². The highest BCUT2D eigenvalue weighted by Crippen LogP contribution is 2.30. The number of hydrogen-bond donors (Lipinski definition) is 1. The van der Waals surface area contributed by atoms with Gasteiger partial charge < -0.3 is 5.73 Å². The fourth-order valence-corrected chi connectivity index (χ4v) is 3.35. The third-order valence-electron chi connectivity index (χ3n) is 3.56. The molecule has 0 aromatic heterocycles. The zero-order valence-electron chi connectivity index (χ0n) is 13.3. The van der Waals surface area contributed by atoms with Crippen LogP contribution < -0.4 is 10.7 Å². The van der Waals surface area contributed by atoms with Crippen molar-refractivity contribution in [3.05, 3.63) is 29.8 Å². The lowest BCUT2D eigenvalue weighted by molar-refractivity contribution is -0.0473. The van der Waals surface area contributed by atoms with E-state index in [1.807, 2.05) is 0 Å². The van der Waals surface area contributed by atoms with Crippen LogP contribution in [0.1, 0.15) is 19.4 Å². The molecular formula is C14H19F3N4O2S. The molecule has 24 heavy (non-hydrogen) atoms. The summed E-state index contributed by atoms with van der Waals surface area (Å²) >= 11 is 0. The van der Waals surface area contributed by atoms with E-state index < -0.39 is 21.4 Å². The molecule has 0 spiro atoms. The lowest BCUT2D eigenvalue weighted by atomic mass is 10.2. The maximum absolute atomic E-state index is 12.8. The summed E-state index contributed by atoms with van der Waals surface area (Å²) in [6.07, 6.45) is 0. The van der Waals surface area contributed by atoms with Crippen molar-refractivity contribution in [1.82, 2.24) is 4.31 Å². The summed E-state index contributed by atoms with van der Waals surface area (Å²) in [6.45, 7) is 3.26. The van der Waals surface area contributed by atoms with E-state index in [4.69, 9.17) is 5.73 Å². The first kappa shape index (κ1) is 18.5. The largest absolute Gasteiger partial charge is 0.516 e. The van der Waals surface area contributed by atoms with Crippen LogP contribution in [0.25, 0.3) is 0 Å². The van der Waals surface area contributed by atoms with Crippen LogP contribution >= 0.6 is 0 Å². The average molecular weight is 364 g/mol. The van der Waals surface area contributed by atoms with Crippen LogP contribution in [0, 0.1) is 5.92 Å². The van der Waals surface area contributed by atoms with Gasteiger partial charge in [0, 0.05) is 12.5 Å². The zero-order chi connectivity index (χ0) is 18.1. The molecule has 1 heterocycles. The van der Waals surface area contributed by atoms with E-state index in [-0.39, 0.29) is 18.9 Å². The van der Waals surface area contributed by atoms with Gasteiger partial charge >= 0.3 is 15.5 Å². The molecule has 0 atom stereocenters. The molecule has 1 aliphatic rings. The van der Waals surface area contributed by atoms with Gasteiger partial charge in [-0.25, -0.2) is 4.31 Å². The van der Waals surface area contributed by atoms with E-state index in [0.717, 1.165) is 5.56 Å². The summed E-state index contributed by atoms with van der Waals surface area (Å²) in [5, 5.41) is 5.63. The molecule has 0 amide bonds. The van der Waals surface area contributed by atoms with E-state index in [2.05, 4.69) is 5.10 Å². The molecule has 2 N–H and O–H groups in total. The number of anilines is 1. The Morgan fingerprint density at radius 1 is 1.21 bits per heavy atom. The quantitative estimate of drug-likeness (QED) is 0.887. The lowest BCUT2D eigenvalue weighted by Crippen LogP contribution is -2.52. The van der Waals surface area contributed by atoms with Gasteiger partial charge in [-0.05, 0) is 17.7 Å². The van der Waals surface area contributed by atoms with Crippen LogP contribution in [0.5, 0.6) is 0 Å². The number of alkyl halides is 3. The number of sulfonamides is 1. The van der Waals surface area contributed by atoms with Crippen molar-refractivity contribution < 1.29 is 21.6 Å². The molecule has 2 rings (SSSR count). The van der Waals surface area contributed by atoms with Gasteiger partial charge in [0.25, 0.3) is 0 Å². The van der Waals surface area contributed by atoms with Crippen molar-refractivity contribution in [2.75, 3.05) is 18.1 Å². The summed E-state index contributed by atoms with van der Waals surface area (Å²) in [6, 6.07) is 7.08. The van der Waals surface area contributed by atoms with Gasteiger partial charge in [0.05, 0.1) is 18.8 Å². The number of halogens is 3. The van der Waals surface area contributed by atoms with Gasteiger partial charge in [-0.2, -0.15) is 26.7 Å². The molecule has 0 unspecified atom stereocenters. The zero-order valence-corrected chi connectivity index (χ0v) is 14.1. The Balaban J connectivity index is 2.38. The molecule has 0 saturated carbocycles. The van der Waals surface area contributed by atoms with Gasteiger partial charge in [-0.1, -0.05) is 26.0 Å². The van der Waals surface area contributed by atoms with E-state index in [1.165, 1.54) is 5.01 Å². The summed E-state index contributed by atoms with van der Waals surface area (Å²) in [5.41, 5.74) is 1.74. The highest BCUT2D eigenvalue weighted by Gasteiger charge is 2.52. The molecule has 10 heteroatoms. The minimum atomic E-state index is -5.45. The summed E-state index contributed by atoms with van der Waals surface area (Å²) in [5.74, 6) is -0.630. The van der Waals surface area contributed by atoms with Crippen LogP contribution in [0.2, 0.25) is 0 Å². The summed E-state index contributed by atoms with van der Waals surface area (Å²) < 4.78 is 62.4. The molecule has 1 aliphatic heterocycles. The molecular weight excluding hydrogens is 345 g/mol. The topological polar surface area (TPSA) is 79.0 Å². The summed E-state index contributed by atoms with van der Waals surface area (Å²) in [4.78, 5) is 0. The van der Waals surface area contributed by atoms with Gasteiger partial charge in [-0.3, -0.25) is 5.01 Å². The monoisotopic (exact) mass is 364 g/mol. The Kier molecular flexibility index (Phi) is 5.09. The average Bonchev–Trinajstić information content (AvgIpc) is 2.53. The maximum Gasteiger partial charge on any atom is 0.516 e. The number of hydrogen-bond acceptors (Lipinski definition) is 5. The highest BCUT2D eigenvalue weighted by molar-refractivity contribution is 7.90. The van der Waals surface area contributed by atoms with Gasteiger partial charge in [0.2, 0.25) is 0 Å². The Labute approximate surface area is 138 Å². The normalized spacial score (nSPS) is 16.5. The number of nitrogens with zero attached hydrogens (tertiary/aromatic N) is 3. The molecule has 0 radical (unpaired) electrons. The SMILES string of the molecule is CC(C)C1=NN(c2ccc(CN)cc2)CCN1S(=O)(=O)C(F)(F)F. The number of rotatable bonds is 4. The first-order valence-electron chi connectivity index (χ1n) is 7.32. The van der Waals surface area contributed by atoms with E-state index in [0.29, 0.717) is 16.5 Å². The van der Waals surface area contributed by atoms with Crippen molar-refractivity contribution in [1.29, 1.82) is 0 Å². The van der Waals surface area contributed by atoms with Crippen molar-refractivity contribution >= 4 is 21.5 Å². The van der Waals surface area contributed by atoms with Crippen molar-refractivity contribution in [2.24, 2.45) is 16.8 Å². The highest BCUT2D eigenvalue weighted by atomic mass is 32.2. The molecule has 6 nitrogen and oxygen atoms in total. The van der Waals surface area contributed by atoms with Gasteiger partial charge in [0.15, 0.2) is 0 Å². The second-order valence-corrected chi connectivity index (χ2v) is 7.48. The standard InChI is InChI=1S/C14H19F3N4O2S/c1-10(2)13-19-20(12-5-3-11(9-18)4-6-12)7-8-21(13)24(22,23)14(15,16)17/h3-6,10H,7-9,18H2,1-2H3. The van der Waals surface area contributed by atoms with Crippen molar-refractivity contribution in [3.8, 4) is 0 Å². The molecule has 0 fully saturated rings. The smallest absolute Gasteiger partial charge is 0.326 e. The molecule has 1 aromatic rings. The van der Waals surface area contributed by atoms with E-state index in [1.54, 1.807) is 38.1 Å². The Bertz CT molecular complexity index is 715. The first-order valence-corrected chi connectivity index (χ1v) is 8.76. The number of hydrazone groups is 1. The fraction of sp³-hybridized carbons (Fsp3) is 0.500. The minimum Gasteiger partial charge on any atom is -0.326 e. The molecule has 0 saturated heterocycles. The molecule has 1 aromatic carbocycles. The predicted octanol–water partition coefficient (Wildman–Crippen LogP) is 2.09. The van der Waals surface area contributed by atoms with Crippen molar-refractivity contribution in [3.63, 3.8) is 0 Å². The second kappa shape index (κ2) is 6.60. The second-order valence-electron chi connectivity index (χ2n) is 5.63. The third-order valence-corrected chi connectivity index (χ3v) is 5.10. The third kappa shape index (κ3) is 3.48. The number of benzene rings is 1. The van der Waals surface area contributed by atoms with E-state index in [9.17, 15) is 21.6 Å². The maximum atomic E-state index is 12.8. The van der Waals surface area contributed by atoms with Crippen LogP contribution in [0.4, 0.5) is 18.9 Å². The van der Waals surface area contributed by atoms with E-state index >= 15 is 0 Å². The van der Waals surface area contributed by atoms with Crippen LogP contribution in [-0.4, -0.2) is 37.2 Å². The lowest BCUT2D eigenvalue weighted by Gasteiger charge is -2.35. The Morgan fingerprint density at radius 3 is 2.25 bits per heavy atom. The van der Waals surface area contributed by atoms with Crippen LogP contribution in [0.3, 0.4) is 0 Å².